The van der Waals surface area contributed by atoms with Crippen molar-refractivity contribution >= 4 is 33.6 Å². The third-order valence-corrected chi connectivity index (χ3v) is 5.20. The molecule has 24 heavy (non-hydrogen) atoms. The minimum atomic E-state index is -1.46. The van der Waals surface area contributed by atoms with Gasteiger partial charge in [0.05, 0.1) is 4.47 Å². The van der Waals surface area contributed by atoms with E-state index in [1.54, 1.807) is 13.0 Å². The number of ether oxygens (including phenoxy) is 2. The van der Waals surface area contributed by atoms with E-state index in [-0.39, 0.29) is 18.3 Å². The Labute approximate surface area is 148 Å². The summed E-state index contributed by atoms with van der Waals surface area (Å²) in [7, 11) is 0. The monoisotopic (exact) mass is 399 g/mol. The van der Waals surface area contributed by atoms with E-state index in [1.807, 2.05) is 11.8 Å². The number of hydrogen-bond donors (Lipinski definition) is 0. The fourth-order valence-corrected chi connectivity index (χ4v) is 3.73. The van der Waals surface area contributed by atoms with E-state index in [2.05, 4.69) is 15.9 Å². The Morgan fingerprint density at radius 1 is 1.25 bits per heavy atom. The molecular weight excluding hydrogens is 381 g/mol. The molecular formula is C17H19BrFNO4. The van der Waals surface area contributed by atoms with Crippen molar-refractivity contribution in [1.29, 1.82) is 0 Å². The van der Waals surface area contributed by atoms with Crippen LogP contribution >= 0.6 is 15.9 Å². The fourth-order valence-electron chi connectivity index (χ4n) is 3.12. The third-order valence-electron chi connectivity index (χ3n) is 4.35. The quantitative estimate of drug-likeness (QED) is 0.558. The van der Waals surface area contributed by atoms with Crippen molar-refractivity contribution in [2.45, 2.75) is 57.9 Å². The Bertz CT molecular complexity index is 673. The summed E-state index contributed by atoms with van der Waals surface area (Å²) >= 11 is 3.30. The minimum absolute atomic E-state index is 0.0892. The van der Waals surface area contributed by atoms with Crippen molar-refractivity contribution in [2.24, 2.45) is 0 Å². The highest BCUT2D eigenvalue weighted by Crippen LogP contribution is 2.44. The van der Waals surface area contributed by atoms with Crippen molar-refractivity contribution in [3.63, 3.8) is 0 Å². The van der Waals surface area contributed by atoms with Crippen LogP contribution in [0, 0.1) is 5.82 Å². The van der Waals surface area contributed by atoms with Gasteiger partial charge in [-0.25, -0.2) is 4.39 Å². The Balaban J connectivity index is 2.12. The van der Waals surface area contributed by atoms with Crippen LogP contribution in [0.3, 0.4) is 0 Å². The van der Waals surface area contributed by atoms with Gasteiger partial charge in [-0.2, -0.15) is 0 Å². The summed E-state index contributed by atoms with van der Waals surface area (Å²) in [6.45, 7) is 3.72. The van der Waals surface area contributed by atoms with E-state index < -0.39 is 17.8 Å². The number of halogens is 2. The van der Waals surface area contributed by atoms with Crippen molar-refractivity contribution in [3.05, 3.63) is 28.0 Å². The van der Waals surface area contributed by atoms with Crippen LogP contribution in [0.1, 0.15) is 45.1 Å². The highest BCUT2D eigenvalue weighted by atomic mass is 79.9. The molecule has 1 saturated heterocycles. The lowest BCUT2D eigenvalue weighted by Crippen LogP contribution is -2.59. The van der Waals surface area contributed by atoms with Crippen LogP contribution in [-0.4, -0.2) is 23.9 Å². The van der Waals surface area contributed by atoms with Gasteiger partial charge < -0.3 is 9.47 Å². The summed E-state index contributed by atoms with van der Waals surface area (Å²) in [5, 5.41) is 0. The fraction of sp³-hybridized carbons (Fsp3) is 0.529. The van der Waals surface area contributed by atoms with Crippen LogP contribution in [0.5, 0.6) is 0 Å². The molecule has 0 atom stereocenters. The lowest BCUT2D eigenvalue weighted by molar-refractivity contribution is -0.245. The molecule has 1 aliphatic heterocycles. The van der Waals surface area contributed by atoms with Crippen LogP contribution in [0.4, 0.5) is 10.1 Å². The Morgan fingerprint density at radius 3 is 2.38 bits per heavy atom. The Morgan fingerprint density at radius 2 is 1.88 bits per heavy atom. The predicted octanol–water partition coefficient (Wildman–Crippen LogP) is 3.67. The van der Waals surface area contributed by atoms with Crippen molar-refractivity contribution in [3.8, 4) is 0 Å². The number of rotatable bonds is 5. The molecule has 0 amide bonds. The van der Waals surface area contributed by atoms with Gasteiger partial charge in [0.1, 0.15) is 12.2 Å². The average molecular weight is 400 g/mol. The summed E-state index contributed by atoms with van der Waals surface area (Å²) in [5.74, 6) is -3.01. The van der Waals surface area contributed by atoms with E-state index in [9.17, 15) is 14.0 Å². The summed E-state index contributed by atoms with van der Waals surface area (Å²) < 4.78 is 25.3. The van der Waals surface area contributed by atoms with Gasteiger partial charge in [-0.3, -0.25) is 14.5 Å². The maximum Gasteiger partial charge on any atom is 0.342 e. The Hall–Kier alpha value is -1.63. The first-order chi connectivity index (χ1) is 11.4. The highest BCUT2D eigenvalue weighted by molar-refractivity contribution is 9.10. The van der Waals surface area contributed by atoms with Gasteiger partial charge in [0.2, 0.25) is 0 Å². The van der Waals surface area contributed by atoms with E-state index in [4.69, 9.17) is 9.47 Å². The maximum atomic E-state index is 13.9. The lowest BCUT2D eigenvalue weighted by atomic mass is 10.1. The summed E-state index contributed by atoms with van der Waals surface area (Å²) in [4.78, 5) is 25.6. The zero-order chi connectivity index (χ0) is 17.5. The van der Waals surface area contributed by atoms with Gasteiger partial charge in [0, 0.05) is 18.2 Å². The molecule has 0 bridgehead atoms. The molecule has 1 aliphatic carbocycles. The predicted molar refractivity (Wildman–Crippen MR) is 88.8 cm³/mol. The van der Waals surface area contributed by atoms with Crippen molar-refractivity contribution in [1.82, 2.24) is 0 Å². The SMILES string of the molecule is CCc1c(N(C2CC2)C2(CC)OC(=O)CC(=O)O2)ccc(F)c1Br. The number of cyclic esters (lactones) is 2. The molecule has 0 radical (unpaired) electrons. The lowest BCUT2D eigenvalue weighted by Gasteiger charge is -2.45. The van der Waals surface area contributed by atoms with Gasteiger partial charge in [0.25, 0.3) is 0 Å². The normalized spacial score (nSPS) is 19.7. The van der Waals surface area contributed by atoms with Crippen LogP contribution in [0.15, 0.2) is 16.6 Å². The van der Waals surface area contributed by atoms with Crippen molar-refractivity contribution in [2.75, 3.05) is 4.90 Å². The molecule has 130 valence electrons. The number of carbonyl (C=O) groups excluding carboxylic acids is 2. The number of benzene rings is 1. The topological polar surface area (TPSA) is 55.8 Å². The second-order valence-corrected chi connectivity index (χ2v) is 6.80. The van der Waals surface area contributed by atoms with Gasteiger partial charge in [-0.15, -0.1) is 0 Å². The first kappa shape index (κ1) is 17.2. The molecule has 0 aromatic heterocycles. The van der Waals surface area contributed by atoms with Crippen LogP contribution < -0.4 is 4.90 Å². The first-order valence-corrected chi connectivity index (χ1v) is 8.91. The summed E-state index contributed by atoms with van der Waals surface area (Å²) in [6, 6.07) is 3.11. The molecule has 1 heterocycles. The molecule has 0 unspecified atom stereocenters. The molecule has 5 nitrogen and oxygen atoms in total. The zero-order valence-corrected chi connectivity index (χ0v) is 15.2. The molecule has 2 aliphatic rings. The van der Waals surface area contributed by atoms with E-state index in [0.29, 0.717) is 17.3 Å². The number of hydrogen-bond acceptors (Lipinski definition) is 5. The standard InChI is InChI=1S/C17H19BrFNO4/c1-3-11-13(8-7-12(19)16(11)18)20(10-5-6-10)17(4-2)23-14(21)9-15(22)24-17/h7-8,10H,3-6,9H2,1-2H3. The molecule has 0 N–H and O–H groups in total. The Kier molecular flexibility index (Phi) is 4.55. The molecule has 1 aromatic carbocycles. The molecule has 1 saturated carbocycles. The van der Waals surface area contributed by atoms with Crippen LogP contribution in [0.25, 0.3) is 0 Å². The smallest absolute Gasteiger partial charge is 0.342 e. The van der Waals surface area contributed by atoms with Gasteiger partial charge >= 0.3 is 17.8 Å². The second kappa shape index (κ2) is 6.35. The molecule has 0 spiro atoms. The summed E-state index contributed by atoms with van der Waals surface area (Å²) in [5.41, 5.74) is 1.48. The zero-order valence-electron chi connectivity index (χ0n) is 13.6. The summed E-state index contributed by atoms with van der Waals surface area (Å²) in [6.07, 6.45) is 2.29. The average Bonchev–Trinajstić information content (AvgIpc) is 3.35. The molecule has 3 rings (SSSR count). The molecule has 2 fully saturated rings. The largest absolute Gasteiger partial charge is 0.403 e. The second-order valence-electron chi connectivity index (χ2n) is 6.00. The van der Waals surface area contributed by atoms with Gasteiger partial charge in [-0.05, 0) is 52.9 Å². The van der Waals surface area contributed by atoms with Crippen molar-refractivity contribution < 1.29 is 23.5 Å². The minimum Gasteiger partial charge on any atom is -0.403 e. The number of nitrogens with zero attached hydrogens (tertiary/aromatic N) is 1. The van der Waals surface area contributed by atoms with Gasteiger partial charge in [-0.1, -0.05) is 13.8 Å². The van der Waals surface area contributed by atoms with Crippen LogP contribution in [-0.2, 0) is 25.5 Å². The maximum absolute atomic E-state index is 13.9. The van der Waals surface area contributed by atoms with Crippen LogP contribution in [0.2, 0.25) is 0 Å². The first-order valence-electron chi connectivity index (χ1n) is 8.11. The highest BCUT2D eigenvalue weighted by Gasteiger charge is 2.52. The third kappa shape index (κ3) is 2.90. The number of carbonyl (C=O) groups is 2. The number of anilines is 1. The number of esters is 2. The van der Waals surface area contributed by atoms with Gasteiger partial charge in [0.15, 0.2) is 0 Å². The molecule has 1 aromatic rings. The van der Waals surface area contributed by atoms with E-state index >= 15 is 0 Å². The van der Waals surface area contributed by atoms with E-state index in [0.717, 1.165) is 24.1 Å². The molecule has 7 heteroatoms. The van der Waals surface area contributed by atoms with E-state index in [1.165, 1.54) is 6.07 Å².